The summed E-state index contributed by atoms with van der Waals surface area (Å²) in [6.45, 7) is 1.82. The van der Waals surface area contributed by atoms with Crippen LogP contribution in [0.3, 0.4) is 0 Å². The molecule has 9 heteroatoms. The highest BCUT2D eigenvalue weighted by Gasteiger charge is 2.17. The summed E-state index contributed by atoms with van der Waals surface area (Å²) in [6, 6.07) is 15.4. The van der Waals surface area contributed by atoms with Gasteiger partial charge in [-0.05, 0) is 73.7 Å². The lowest BCUT2D eigenvalue weighted by molar-refractivity contribution is 0.0939. The van der Waals surface area contributed by atoms with E-state index in [-0.39, 0.29) is 22.5 Å². The first kappa shape index (κ1) is 23.1. The second-order valence-corrected chi connectivity index (χ2v) is 8.62. The third-order valence-electron chi connectivity index (χ3n) is 4.77. The summed E-state index contributed by atoms with van der Waals surface area (Å²) in [6.07, 6.45) is 0. The molecule has 0 unspecified atom stereocenters. The SMILES string of the molecule is COc1ccc(OC)c([C@@H](C)NC(=O)c2ccc(NS(=O)(=O)c3ccc(F)cc3)cc2)c1. The van der Waals surface area contributed by atoms with Crippen molar-refractivity contribution in [3.05, 3.63) is 83.7 Å². The molecule has 3 rings (SSSR count). The van der Waals surface area contributed by atoms with E-state index >= 15 is 0 Å². The molecule has 2 N–H and O–H groups in total. The van der Waals surface area contributed by atoms with Crippen LogP contribution in [0.2, 0.25) is 0 Å². The average molecular weight is 459 g/mol. The molecule has 168 valence electrons. The molecule has 3 aromatic rings. The number of anilines is 1. The summed E-state index contributed by atoms with van der Waals surface area (Å²) < 4.78 is 50.9. The third-order valence-corrected chi connectivity index (χ3v) is 6.17. The highest BCUT2D eigenvalue weighted by molar-refractivity contribution is 7.92. The Morgan fingerprint density at radius 1 is 0.938 bits per heavy atom. The molecule has 0 radical (unpaired) electrons. The molecule has 3 aromatic carbocycles. The smallest absolute Gasteiger partial charge is 0.261 e. The molecule has 0 heterocycles. The van der Waals surface area contributed by atoms with Crippen molar-refractivity contribution in [1.82, 2.24) is 5.32 Å². The maximum atomic E-state index is 13.0. The van der Waals surface area contributed by atoms with Crippen molar-refractivity contribution in [1.29, 1.82) is 0 Å². The molecule has 0 saturated carbocycles. The van der Waals surface area contributed by atoms with Crippen LogP contribution in [0, 0.1) is 5.82 Å². The lowest BCUT2D eigenvalue weighted by Gasteiger charge is -2.18. The minimum atomic E-state index is -3.88. The lowest BCUT2D eigenvalue weighted by atomic mass is 10.1. The van der Waals surface area contributed by atoms with E-state index in [2.05, 4.69) is 10.0 Å². The number of methoxy groups -OCH3 is 2. The summed E-state index contributed by atoms with van der Waals surface area (Å²) in [5, 5.41) is 2.89. The number of ether oxygens (including phenoxy) is 2. The fourth-order valence-electron chi connectivity index (χ4n) is 3.05. The second kappa shape index (κ2) is 9.69. The normalized spacial score (nSPS) is 12.0. The van der Waals surface area contributed by atoms with E-state index in [1.807, 2.05) is 6.92 Å². The largest absolute Gasteiger partial charge is 0.497 e. The maximum Gasteiger partial charge on any atom is 0.261 e. The van der Waals surface area contributed by atoms with Crippen molar-refractivity contribution >= 4 is 21.6 Å². The number of hydrogen-bond acceptors (Lipinski definition) is 5. The molecule has 0 aliphatic rings. The van der Waals surface area contributed by atoms with Crippen LogP contribution < -0.4 is 19.5 Å². The lowest BCUT2D eigenvalue weighted by Crippen LogP contribution is -2.27. The van der Waals surface area contributed by atoms with E-state index in [1.165, 1.54) is 36.4 Å². The highest BCUT2D eigenvalue weighted by atomic mass is 32.2. The molecular formula is C23H23FN2O5S. The monoisotopic (exact) mass is 458 g/mol. The molecule has 0 aromatic heterocycles. The molecular weight excluding hydrogens is 435 g/mol. The fourth-order valence-corrected chi connectivity index (χ4v) is 4.11. The molecule has 32 heavy (non-hydrogen) atoms. The molecule has 0 fully saturated rings. The number of carbonyl (C=O) groups excluding carboxylic acids is 1. The van der Waals surface area contributed by atoms with Crippen LogP contribution in [-0.2, 0) is 10.0 Å². The summed E-state index contributed by atoms with van der Waals surface area (Å²) in [5.41, 5.74) is 1.38. The van der Waals surface area contributed by atoms with Gasteiger partial charge in [0.05, 0.1) is 25.2 Å². The fraction of sp³-hybridized carbons (Fsp3) is 0.174. The summed E-state index contributed by atoms with van der Waals surface area (Å²) >= 11 is 0. The summed E-state index contributed by atoms with van der Waals surface area (Å²) in [4.78, 5) is 12.6. The second-order valence-electron chi connectivity index (χ2n) is 6.94. The topological polar surface area (TPSA) is 93.7 Å². The number of carbonyl (C=O) groups is 1. The van der Waals surface area contributed by atoms with Crippen molar-refractivity contribution < 1.29 is 27.1 Å². The predicted octanol–water partition coefficient (Wildman–Crippen LogP) is 4.13. The number of sulfonamides is 1. The summed E-state index contributed by atoms with van der Waals surface area (Å²) in [7, 11) is -0.772. The zero-order valence-corrected chi connectivity index (χ0v) is 18.6. The van der Waals surface area contributed by atoms with Crippen molar-refractivity contribution in [3.63, 3.8) is 0 Å². The molecule has 1 amide bonds. The Balaban J connectivity index is 1.71. The molecule has 0 spiro atoms. The Bertz CT molecular complexity index is 1200. The summed E-state index contributed by atoms with van der Waals surface area (Å²) in [5.74, 6) is 0.388. The first-order chi connectivity index (χ1) is 15.2. The number of nitrogens with one attached hydrogen (secondary N) is 2. The molecule has 0 aliphatic heterocycles. The standard InChI is InChI=1S/C23H23FN2O5S/c1-15(21-14-19(30-2)10-13-22(21)31-3)25-23(27)16-4-8-18(9-5-16)26-32(28,29)20-11-6-17(24)7-12-20/h4-15,26H,1-3H3,(H,25,27)/t15-/m1/s1. The van der Waals surface area contributed by atoms with E-state index in [4.69, 9.17) is 9.47 Å². The van der Waals surface area contributed by atoms with Crippen molar-refractivity contribution in [2.75, 3.05) is 18.9 Å². The Kier molecular flexibility index (Phi) is 6.99. The molecule has 0 aliphatic carbocycles. The van der Waals surface area contributed by atoms with Gasteiger partial charge in [0.25, 0.3) is 15.9 Å². The minimum Gasteiger partial charge on any atom is -0.497 e. The number of halogens is 1. The van der Waals surface area contributed by atoms with Gasteiger partial charge in [-0.15, -0.1) is 0 Å². The quantitative estimate of drug-likeness (QED) is 0.529. The Morgan fingerprint density at radius 2 is 1.59 bits per heavy atom. The first-order valence-electron chi connectivity index (χ1n) is 9.64. The predicted molar refractivity (Wildman–Crippen MR) is 119 cm³/mol. The van der Waals surface area contributed by atoms with Crippen LogP contribution in [-0.4, -0.2) is 28.5 Å². The van der Waals surface area contributed by atoms with Gasteiger partial charge in [-0.1, -0.05) is 0 Å². The molecule has 7 nitrogen and oxygen atoms in total. The van der Waals surface area contributed by atoms with Gasteiger partial charge < -0.3 is 14.8 Å². The van der Waals surface area contributed by atoms with Gasteiger partial charge in [0, 0.05) is 16.8 Å². The van der Waals surface area contributed by atoms with Gasteiger partial charge in [-0.3, -0.25) is 9.52 Å². The van der Waals surface area contributed by atoms with Crippen molar-refractivity contribution in [3.8, 4) is 11.5 Å². The van der Waals surface area contributed by atoms with Crippen LogP contribution in [0.1, 0.15) is 28.9 Å². The Morgan fingerprint density at radius 3 is 2.19 bits per heavy atom. The molecule has 1 atom stereocenters. The van der Waals surface area contributed by atoms with E-state index in [0.717, 1.165) is 17.7 Å². The van der Waals surface area contributed by atoms with Crippen molar-refractivity contribution in [2.45, 2.75) is 17.9 Å². The first-order valence-corrected chi connectivity index (χ1v) is 11.1. The van der Waals surface area contributed by atoms with Gasteiger partial charge in [0.15, 0.2) is 0 Å². The van der Waals surface area contributed by atoms with Gasteiger partial charge in [0.2, 0.25) is 0 Å². The minimum absolute atomic E-state index is 0.0678. The number of hydrogen-bond donors (Lipinski definition) is 2. The van der Waals surface area contributed by atoms with Crippen LogP contribution in [0.4, 0.5) is 10.1 Å². The van der Waals surface area contributed by atoms with Crippen LogP contribution in [0.25, 0.3) is 0 Å². The van der Waals surface area contributed by atoms with Gasteiger partial charge >= 0.3 is 0 Å². The van der Waals surface area contributed by atoms with E-state index in [0.29, 0.717) is 17.1 Å². The maximum absolute atomic E-state index is 13.0. The number of benzene rings is 3. The highest BCUT2D eigenvalue weighted by Crippen LogP contribution is 2.29. The van der Waals surface area contributed by atoms with E-state index in [1.54, 1.807) is 32.4 Å². The number of rotatable bonds is 8. The average Bonchev–Trinajstić information content (AvgIpc) is 2.79. The molecule has 0 saturated heterocycles. The van der Waals surface area contributed by atoms with Crippen molar-refractivity contribution in [2.24, 2.45) is 0 Å². The Hall–Kier alpha value is -3.59. The van der Waals surface area contributed by atoms with Gasteiger partial charge in [-0.25, -0.2) is 12.8 Å². The van der Waals surface area contributed by atoms with Gasteiger partial charge in [-0.2, -0.15) is 0 Å². The number of amides is 1. The zero-order valence-electron chi connectivity index (χ0n) is 17.8. The zero-order chi connectivity index (χ0) is 23.3. The van der Waals surface area contributed by atoms with Crippen LogP contribution >= 0.6 is 0 Å². The van der Waals surface area contributed by atoms with E-state index < -0.39 is 15.8 Å². The van der Waals surface area contributed by atoms with Crippen LogP contribution in [0.15, 0.2) is 71.6 Å². The van der Waals surface area contributed by atoms with Gasteiger partial charge in [0.1, 0.15) is 17.3 Å². The third kappa shape index (κ3) is 5.36. The Labute approximate surface area is 186 Å². The van der Waals surface area contributed by atoms with Crippen LogP contribution in [0.5, 0.6) is 11.5 Å². The molecule has 0 bridgehead atoms. The van der Waals surface area contributed by atoms with E-state index in [9.17, 15) is 17.6 Å².